The molecule has 1 rings (SSSR count). The maximum Gasteiger partial charge on any atom is 0.329 e. The highest BCUT2D eigenvalue weighted by Crippen LogP contribution is 2.22. The normalized spacial score (nSPS) is 11.8. The summed E-state index contributed by atoms with van der Waals surface area (Å²) in [6.07, 6.45) is 2.31. The minimum atomic E-state index is -0.583. The van der Waals surface area contributed by atoms with Crippen LogP contribution in [0.1, 0.15) is 40.0 Å². The van der Waals surface area contributed by atoms with E-state index >= 15 is 0 Å². The molecule has 5 heteroatoms. The number of hydrogen-bond acceptors (Lipinski definition) is 3. The lowest BCUT2D eigenvalue weighted by Crippen LogP contribution is -2.45. The summed E-state index contributed by atoms with van der Waals surface area (Å²) in [5.74, 6) is -0.513. The van der Waals surface area contributed by atoms with Gasteiger partial charge in [0.05, 0.1) is 6.61 Å². The molecule has 0 fully saturated rings. The van der Waals surface area contributed by atoms with Gasteiger partial charge < -0.3 is 4.74 Å². The quantitative estimate of drug-likeness (QED) is 0.549. The summed E-state index contributed by atoms with van der Waals surface area (Å²) in [5.41, 5.74) is 0.699. The fourth-order valence-corrected chi connectivity index (χ4v) is 2.32. The van der Waals surface area contributed by atoms with Crippen LogP contribution in [0.5, 0.6) is 0 Å². The summed E-state index contributed by atoms with van der Waals surface area (Å²) >= 11 is 3.36. The Morgan fingerprint density at radius 3 is 2.33 bits per heavy atom. The molecular formula is C16H22BrNO3. The van der Waals surface area contributed by atoms with Crippen LogP contribution >= 0.6 is 15.9 Å². The molecule has 0 aliphatic carbocycles. The molecule has 0 heterocycles. The van der Waals surface area contributed by atoms with E-state index in [4.69, 9.17) is 4.74 Å². The number of halogens is 1. The van der Waals surface area contributed by atoms with Gasteiger partial charge >= 0.3 is 5.97 Å². The number of hydrogen-bond donors (Lipinski definition) is 0. The molecule has 1 atom stereocenters. The molecule has 0 aromatic heterocycles. The number of carbonyl (C=O) groups is 2. The molecule has 0 aliphatic rings. The van der Waals surface area contributed by atoms with Crippen LogP contribution in [0.25, 0.3) is 0 Å². The van der Waals surface area contributed by atoms with E-state index in [0.717, 1.165) is 17.3 Å². The third-order valence-corrected chi connectivity index (χ3v) is 3.69. The molecule has 0 aliphatic heterocycles. The molecular weight excluding hydrogens is 334 g/mol. The smallest absolute Gasteiger partial charge is 0.329 e. The second-order valence-electron chi connectivity index (χ2n) is 4.81. The first-order valence-electron chi connectivity index (χ1n) is 7.23. The van der Waals surface area contributed by atoms with Gasteiger partial charge in [0.15, 0.2) is 0 Å². The fraction of sp³-hybridized carbons (Fsp3) is 0.500. The maximum absolute atomic E-state index is 12.2. The molecule has 1 aromatic carbocycles. The lowest BCUT2D eigenvalue weighted by molar-refractivity contribution is -0.146. The molecule has 1 amide bonds. The van der Waals surface area contributed by atoms with Crippen LogP contribution in [-0.4, -0.2) is 24.5 Å². The zero-order chi connectivity index (χ0) is 15.8. The zero-order valence-corrected chi connectivity index (χ0v) is 14.4. The number of anilines is 1. The summed E-state index contributed by atoms with van der Waals surface area (Å²) in [5, 5.41) is 0. The van der Waals surface area contributed by atoms with Gasteiger partial charge in [0, 0.05) is 17.1 Å². The first-order valence-corrected chi connectivity index (χ1v) is 8.02. The van der Waals surface area contributed by atoms with Crippen molar-refractivity contribution < 1.29 is 14.3 Å². The Morgan fingerprint density at radius 2 is 1.86 bits per heavy atom. The Balaban J connectivity index is 2.93. The number of esters is 1. The van der Waals surface area contributed by atoms with Crippen LogP contribution in [0.2, 0.25) is 0 Å². The molecule has 4 nitrogen and oxygen atoms in total. The van der Waals surface area contributed by atoms with Gasteiger partial charge in [-0.05, 0) is 37.1 Å². The van der Waals surface area contributed by atoms with Crippen LogP contribution in [0.3, 0.4) is 0 Å². The predicted octanol–water partition coefficient (Wildman–Crippen LogP) is 3.92. The Morgan fingerprint density at radius 1 is 1.24 bits per heavy atom. The standard InChI is InChI=1S/C16H22BrNO3/c1-4-6-11-21-16(20)15(5-2)18(12(3)19)14-9-7-13(17)8-10-14/h7-10,15H,4-6,11H2,1-3H3. The molecule has 116 valence electrons. The molecule has 1 unspecified atom stereocenters. The highest BCUT2D eigenvalue weighted by Gasteiger charge is 2.28. The van der Waals surface area contributed by atoms with Gasteiger partial charge in [-0.25, -0.2) is 4.79 Å². The van der Waals surface area contributed by atoms with Gasteiger partial charge in [-0.1, -0.05) is 36.2 Å². The van der Waals surface area contributed by atoms with Gasteiger partial charge in [0.1, 0.15) is 6.04 Å². The lowest BCUT2D eigenvalue weighted by Gasteiger charge is -2.28. The zero-order valence-electron chi connectivity index (χ0n) is 12.8. The van der Waals surface area contributed by atoms with Crippen molar-refractivity contribution in [2.75, 3.05) is 11.5 Å². The van der Waals surface area contributed by atoms with Crippen molar-refractivity contribution in [2.45, 2.75) is 46.1 Å². The van der Waals surface area contributed by atoms with Crippen LogP contribution in [0.4, 0.5) is 5.69 Å². The summed E-state index contributed by atoms with van der Waals surface area (Å²) in [4.78, 5) is 25.7. The van der Waals surface area contributed by atoms with Crippen molar-refractivity contribution in [2.24, 2.45) is 0 Å². The average Bonchev–Trinajstić information content (AvgIpc) is 2.45. The van der Waals surface area contributed by atoms with E-state index in [2.05, 4.69) is 15.9 Å². The second kappa shape index (κ2) is 8.82. The number of unbranched alkanes of at least 4 members (excludes halogenated alkanes) is 1. The number of nitrogens with zero attached hydrogens (tertiary/aromatic N) is 1. The SMILES string of the molecule is CCCCOC(=O)C(CC)N(C(C)=O)c1ccc(Br)cc1. The maximum atomic E-state index is 12.2. The molecule has 0 radical (unpaired) electrons. The van der Waals surface area contributed by atoms with Crippen molar-refractivity contribution >= 4 is 33.5 Å². The lowest BCUT2D eigenvalue weighted by atomic mass is 10.1. The van der Waals surface area contributed by atoms with Crippen LogP contribution < -0.4 is 4.90 Å². The van der Waals surface area contributed by atoms with Crippen molar-refractivity contribution in [3.8, 4) is 0 Å². The van der Waals surface area contributed by atoms with Gasteiger partial charge in [0.2, 0.25) is 5.91 Å². The Hall–Kier alpha value is -1.36. The summed E-state index contributed by atoms with van der Waals surface area (Å²) < 4.78 is 6.19. The molecule has 0 bridgehead atoms. The van der Waals surface area contributed by atoms with Gasteiger partial charge in [-0.3, -0.25) is 9.69 Å². The third kappa shape index (κ3) is 5.16. The fourth-order valence-electron chi connectivity index (χ4n) is 2.05. The predicted molar refractivity (Wildman–Crippen MR) is 87.2 cm³/mol. The van der Waals surface area contributed by atoms with Crippen molar-refractivity contribution in [3.63, 3.8) is 0 Å². The number of carbonyl (C=O) groups excluding carboxylic acids is 2. The van der Waals surface area contributed by atoms with E-state index in [1.165, 1.54) is 11.8 Å². The van der Waals surface area contributed by atoms with Crippen LogP contribution in [-0.2, 0) is 14.3 Å². The minimum Gasteiger partial charge on any atom is -0.464 e. The van der Waals surface area contributed by atoms with E-state index in [1.54, 1.807) is 0 Å². The second-order valence-corrected chi connectivity index (χ2v) is 5.73. The van der Waals surface area contributed by atoms with Gasteiger partial charge in [-0.15, -0.1) is 0 Å². The summed E-state index contributed by atoms with van der Waals surface area (Å²) in [6, 6.07) is 6.74. The number of ether oxygens (including phenoxy) is 1. The molecule has 0 saturated carbocycles. The van der Waals surface area contributed by atoms with E-state index in [0.29, 0.717) is 18.7 Å². The summed E-state index contributed by atoms with van der Waals surface area (Å²) in [6.45, 7) is 5.78. The molecule has 0 N–H and O–H groups in total. The van der Waals surface area contributed by atoms with E-state index in [9.17, 15) is 9.59 Å². The van der Waals surface area contributed by atoms with E-state index in [-0.39, 0.29) is 11.9 Å². The van der Waals surface area contributed by atoms with Gasteiger partial charge in [-0.2, -0.15) is 0 Å². The highest BCUT2D eigenvalue weighted by atomic mass is 79.9. The first kappa shape index (κ1) is 17.7. The highest BCUT2D eigenvalue weighted by molar-refractivity contribution is 9.10. The topological polar surface area (TPSA) is 46.6 Å². The Bertz CT molecular complexity index is 473. The van der Waals surface area contributed by atoms with Crippen LogP contribution in [0, 0.1) is 0 Å². The monoisotopic (exact) mass is 355 g/mol. The minimum absolute atomic E-state index is 0.170. The van der Waals surface area contributed by atoms with Crippen molar-refractivity contribution in [1.29, 1.82) is 0 Å². The van der Waals surface area contributed by atoms with E-state index in [1.807, 2.05) is 38.1 Å². The first-order chi connectivity index (χ1) is 10.0. The molecule has 21 heavy (non-hydrogen) atoms. The van der Waals surface area contributed by atoms with Crippen LogP contribution in [0.15, 0.2) is 28.7 Å². The molecule has 0 spiro atoms. The number of rotatable bonds is 7. The van der Waals surface area contributed by atoms with Crippen molar-refractivity contribution in [1.82, 2.24) is 0 Å². The molecule has 0 saturated heterocycles. The Kier molecular flexibility index (Phi) is 7.43. The summed E-state index contributed by atoms with van der Waals surface area (Å²) in [7, 11) is 0. The number of benzene rings is 1. The van der Waals surface area contributed by atoms with Gasteiger partial charge in [0.25, 0.3) is 0 Å². The average molecular weight is 356 g/mol. The van der Waals surface area contributed by atoms with Crippen molar-refractivity contribution in [3.05, 3.63) is 28.7 Å². The Labute approximate surface area is 134 Å². The third-order valence-electron chi connectivity index (χ3n) is 3.16. The van der Waals surface area contributed by atoms with E-state index < -0.39 is 6.04 Å². The largest absolute Gasteiger partial charge is 0.464 e. The molecule has 1 aromatic rings. The number of amides is 1.